The fourth-order valence-corrected chi connectivity index (χ4v) is 2.73. The first kappa shape index (κ1) is 17.4. The number of benzene rings is 3. The van der Waals surface area contributed by atoms with Crippen molar-refractivity contribution in [1.29, 1.82) is 0 Å². The number of nitro groups is 1. The molecule has 0 heterocycles. The van der Waals surface area contributed by atoms with Crippen LogP contribution >= 0.6 is 0 Å². The van der Waals surface area contributed by atoms with E-state index in [-0.39, 0.29) is 18.2 Å². The maximum atomic E-state index is 11.9. The Morgan fingerprint density at radius 1 is 1.04 bits per heavy atom. The van der Waals surface area contributed by atoms with Crippen LogP contribution in [0.25, 0.3) is 10.8 Å². The van der Waals surface area contributed by atoms with Crippen molar-refractivity contribution in [3.63, 3.8) is 0 Å². The molecule has 0 atom stereocenters. The van der Waals surface area contributed by atoms with E-state index in [2.05, 4.69) is 23.5 Å². The predicted octanol–water partition coefficient (Wildman–Crippen LogP) is 3.49. The molecule has 6 nitrogen and oxygen atoms in total. The van der Waals surface area contributed by atoms with Gasteiger partial charge >= 0.3 is 0 Å². The number of fused-ring (bicyclic) bond motifs is 1. The summed E-state index contributed by atoms with van der Waals surface area (Å²) in [5.41, 5.74) is 1.10. The summed E-state index contributed by atoms with van der Waals surface area (Å²) in [6, 6.07) is 20.0. The van der Waals surface area contributed by atoms with Gasteiger partial charge in [-0.15, -0.1) is 0 Å². The predicted molar refractivity (Wildman–Crippen MR) is 99.3 cm³/mol. The molecule has 132 valence electrons. The SMILES string of the molecule is O=C(COc1cccc([N+](=O)[O-])c1)NCCc1cccc2ccccc12. The molecule has 3 aromatic carbocycles. The van der Waals surface area contributed by atoms with Crippen molar-refractivity contribution in [2.24, 2.45) is 0 Å². The van der Waals surface area contributed by atoms with Gasteiger partial charge in [-0.05, 0) is 28.8 Å². The second-order valence-corrected chi connectivity index (χ2v) is 5.78. The molecule has 1 N–H and O–H groups in total. The van der Waals surface area contributed by atoms with Crippen LogP contribution in [0.5, 0.6) is 5.75 Å². The molecule has 26 heavy (non-hydrogen) atoms. The minimum Gasteiger partial charge on any atom is -0.484 e. The van der Waals surface area contributed by atoms with Gasteiger partial charge in [0.2, 0.25) is 0 Å². The zero-order valence-corrected chi connectivity index (χ0v) is 14.1. The van der Waals surface area contributed by atoms with Crippen LogP contribution in [0.2, 0.25) is 0 Å². The molecule has 0 radical (unpaired) electrons. The first-order valence-corrected chi connectivity index (χ1v) is 8.24. The molecule has 3 rings (SSSR count). The Morgan fingerprint density at radius 3 is 2.65 bits per heavy atom. The van der Waals surface area contributed by atoms with E-state index in [1.54, 1.807) is 6.07 Å². The normalized spacial score (nSPS) is 10.5. The van der Waals surface area contributed by atoms with Crippen LogP contribution in [0.4, 0.5) is 5.69 Å². The van der Waals surface area contributed by atoms with Crippen LogP contribution < -0.4 is 10.1 Å². The van der Waals surface area contributed by atoms with E-state index in [4.69, 9.17) is 4.74 Å². The average molecular weight is 350 g/mol. The van der Waals surface area contributed by atoms with E-state index >= 15 is 0 Å². The van der Waals surface area contributed by atoms with Gasteiger partial charge < -0.3 is 10.1 Å². The van der Waals surface area contributed by atoms with E-state index < -0.39 is 4.92 Å². The Labute approximate surface area is 150 Å². The number of carbonyl (C=O) groups is 1. The lowest BCUT2D eigenvalue weighted by Crippen LogP contribution is -2.30. The Morgan fingerprint density at radius 2 is 1.81 bits per heavy atom. The molecule has 0 spiro atoms. The highest BCUT2D eigenvalue weighted by molar-refractivity contribution is 5.85. The third-order valence-electron chi connectivity index (χ3n) is 3.99. The lowest BCUT2D eigenvalue weighted by Gasteiger charge is -2.09. The van der Waals surface area contributed by atoms with Gasteiger partial charge in [0, 0.05) is 12.6 Å². The molecule has 0 saturated carbocycles. The first-order valence-electron chi connectivity index (χ1n) is 8.24. The molecular weight excluding hydrogens is 332 g/mol. The van der Waals surface area contributed by atoms with Crippen molar-refractivity contribution in [2.45, 2.75) is 6.42 Å². The topological polar surface area (TPSA) is 81.5 Å². The zero-order valence-electron chi connectivity index (χ0n) is 14.1. The van der Waals surface area contributed by atoms with Gasteiger partial charge in [0.1, 0.15) is 5.75 Å². The number of rotatable bonds is 7. The van der Waals surface area contributed by atoms with Gasteiger partial charge in [0.05, 0.1) is 11.0 Å². The third-order valence-corrected chi connectivity index (χ3v) is 3.99. The van der Waals surface area contributed by atoms with Crippen LogP contribution in [0, 0.1) is 10.1 Å². The fourth-order valence-electron chi connectivity index (χ4n) is 2.73. The summed E-state index contributed by atoms with van der Waals surface area (Å²) in [6.07, 6.45) is 0.712. The standard InChI is InChI=1S/C20H18N2O4/c23-20(14-26-18-9-4-8-17(13-18)22(24)25)21-12-11-16-7-3-6-15-5-1-2-10-19(15)16/h1-10,13H,11-12,14H2,(H,21,23). The third kappa shape index (κ3) is 4.36. The number of hydrogen-bond acceptors (Lipinski definition) is 4. The average Bonchev–Trinajstić information content (AvgIpc) is 2.67. The molecule has 0 unspecified atom stereocenters. The van der Waals surface area contributed by atoms with E-state index in [0.717, 1.165) is 0 Å². The lowest BCUT2D eigenvalue weighted by atomic mass is 10.0. The monoisotopic (exact) mass is 350 g/mol. The van der Waals surface area contributed by atoms with Crippen LogP contribution in [-0.2, 0) is 11.2 Å². The molecule has 0 aliphatic rings. The Balaban J connectivity index is 1.50. The van der Waals surface area contributed by atoms with Gasteiger partial charge in [-0.1, -0.05) is 48.5 Å². The lowest BCUT2D eigenvalue weighted by molar-refractivity contribution is -0.384. The molecule has 0 fully saturated rings. The summed E-state index contributed by atoms with van der Waals surface area (Å²) < 4.78 is 5.32. The quantitative estimate of drug-likeness (QED) is 0.522. The highest BCUT2D eigenvalue weighted by atomic mass is 16.6. The number of amides is 1. The minimum atomic E-state index is -0.503. The maximum absolute atomic E-state index is 11.9. The highest BCUT2D eigenvalue weighted by Gasteiger charge is 2.08. The Bertz CT molecular complexity index is 935. The number of carbonyl (C=O) groups excluding carboxylic acids is 1. The first-order chi connectivity index (χ1) is 12.6. The summed E-state index contributed by atoms with van der Waals surface area (Å²) >= 11 is 0. The van der Waals surface area contributed by atoms with Crippen LogP contribution in [0.1, 0.15) is 5.56 Å². The molecule has 0 bridgehead atoms. The highest BCUT2D eigenvalue weighted by Crippen LogP contribution is 2.19. The smallest absolute Gasteiger partial charge is 0.273 e. The van der Waals surface area contributed by atoms with Crippen molar-refractivity contribution in [3.8, 4) is 5.75 Å². The summed E-state index contributed by atoms with van der Waals surface area (Å²) in [5.74, 6) is 0.0279. The van der Waals surface area contributed by atoms with Gasteiger partial charge in [0.25, 0.3) is 11.6 Å². The van der Waals surface area contributed by atoms with Gasteiger partial charge in [-0.2, -0.15) is 0 Å². The molecule has 0 aliphatic heterocycles. The molecule has 3 aromatic rings. The maximum Gasteiger partial charge on any atom is 0.273 e. The van der Waals surface area contributed by atoms with Crippen LogP contribution in [0.3, 0.4) is 0 Å². The van der Waals surface area contributed by atoms with E-state index in [1.807, 2.05) is 24.3 Å². The van der Waals surface area contributed by atoms with Gasteiger partial charge in [-0.25, -0.2) is 0 Å². The zero-order chi connectivity index (χ0) is 18.4. The Hall–Kier alpha value is -3.41. The number of hydrogen-bond donors (Lipinski definition) is 1. The second kappa shape index (κ2) is 8.11. The van der Waals surface area contributed by atoms with Crippen molar-refractivity contribution in [3.05, 3.63) is 82.4 Å². The van der Waals surface area contributed by atoms with E-state index in [1.165, 1.54) is 34.5 Å². The summed E-state index contributed by atoms with van der Waals surface area (Å²) in [7, 11) is 0. The Kier molecular flexibility index (Phi) is 5.43. The molecule has 1 amide bonds. The summed E-state index contributed by atoms with van der Waals surface area (Å²) in [6.45, 7) is 0.307. The number of nitro benzene ring substituents is 1. The number of ether oxygens (including phenoxy) is 1. The minimum absolute atomic E-state index is 0.0705. The molecule has 6 heteroatoms. The van der Waals surface area contributed by atoms with Crippen molar-refractivity contribution in [2.75, 3.05) is 13.2 Å². The van der Waals surface area contributed by atoms with E-state index in [0.29, 0.717) is 18.7 Å². The van der Waals surface area contributed by atoms with Crippen LogP contribution in [-0.4, -0.2) is 24.0 Å². The van der Waals surface area contributed by atoms with Crippen LogP contribution in [0.15, 0.2) is 66.7 Å². The van der Waals surface area contributed by atoms with Crippen molar-refractivity contribution >= 4 is 22.4 Å². The van der Waals surface area contributed by atoms with Gasteiger partial charge in [-0.3, -0.25) is 14.9 Å². The number of non-ortho nitro benzene ring substituents is 1. The molecular formula is C20H18N2O4. The number of nitrogens with zero attached hydrogens (tertiary/aromatic N) is 1. The summed E-state index contributed by atoms with van der Waals surface area (Å²) in [4.78, 5) is 22.1. The van der Waals surface area contributed by atoms with Crippen molar-refractivity contribution in [1.82, 2.24) is 5.32 Å². The van der Waals surface area contributed by atoms with Crippen molar-refractivity contribution < 1.29 is 14.5 Å². The molecule has 0 aliphatic carbocycles. The molecule has 0 saturated heterocycles. The second-order valence-electron chi connectivity index (χ2n) is 5.78. The van der Waals surface area contributed by atoms with Gasteiger partial charge in [0.15, 0.2) is 6.61 Å². The van der Waals surface area contributed by atoms with E-state index in [9.17, 15) is 14.9 Å². The largest absolute Gasteiger partial charge is 0.484 e. The molecule has 0 aromatic heterocycles. The fraction of sp³-hybridized carbons (Fsp3) is 0.150. The number of nitrogens with one attached hydrogen (secondary N) is 1. The summed E-state index contributed by atoms with van der Waals surface area (Å²) in [5, 5.41) is 15.9.